The van der Waals surface area contributed by atoms with Crippen LogP contribution in [0.2, 0.25) is 0 Å². The monoisotopic (exact) mass is 247 g/mol. The third-order valence-corrected chi connectivity index (χ3v) is 2.40. The van der Waals surface area contributed by atoms with Gasteiger partial charge < -0.3 is 10.0 Å². The van der Waals surface area contributed by atoms with Crippen molar-refractivity contribution in [3.05, 3.63) is 29.1 Å². The highest BCUT2D eigenvalue weighted by Gasteiger charge is 2.21. The van der Waals surface area contributed by atoms with Gasteiger partial charge in [0.1, 0.15) is 11.8 Å². The number of likely N-dealkylation sites (N-methyl/N-ethyl adjacent to an activating group) is 1. The fourth-order valence-corrected chi connectivity index (χ4v) is 1.65. The van der Waals surface area contributed by atoms with Gasteiger partial charge in [0, 0.05) is 13.6 Å². The van der Waals surface area contributed by atoms with Gasteiger partial charge in [-0.2, -0.15) is 5.26 Å². The molecule has 1 rings (SSSR count). The summed E-state index contributed by atoms with van der Waals surface area (Å²) < 4.78 is 0. The fourth-order valence-electron chi connectivity index (χ4n) is 1.65. The average molecular weight is 247 g/mol. The molecule has 1 N–H and O–H groups in total. The summed E-state index contributed by atoms with van der Waals surface area (Å²) in [7, 11) is 1.61. The lowest BCUT2D eigenvalue weighted by Crippen LogP contribution is -2.40. The van der Waals surface area contributed by atoms with Crippen molar-refractivity contribution >= 4 is 5.91 Å². The van der Waals surface area contributed by atoms with Gasteiger partial charge in [0.15, 0.2) is 0 Å². The van der Waals surface area contributed by atoms with Gasteiger partial charge in [-0.15, -0.1) is 0 Å². The van der Waals surface area contributed by atoms with E-state index in [4.69, 9.17) is 5.26 Å². The molecule has 1 aromatic heterocycles. The maximum absolute atomic E-state index is 12.0. The van der Waals surface area contributed by atoms with E-state index in [1.54, 1.807) is 33.9 Å². The molecule has 0 aromatic carbocycles. The third kappa shape index (κ3) is 3.54. The smallest absolute Gasteiger partial charge is 0.272 e. The lowest BCUT2D eigenvalue weighted by Gasteiger charge is -2.25. The first-order valence-electron chi connectivity index (χ1n) is 5.60. The Morgan fingerprint density at radius 3 is 2.61 bits per heavy atom. The van der Waals surface area contributed by atoms with Crippen LogP contribution in [0.1, 0.15) is 35.6 Å². The van der Waals surface area contributed by atoms with Crippen LogP contribution in [0.3, 0.4) is 0 Å². The molecule has 5 heteroatoms. The molecule has 0 aliphatic rings. The molecule has 0 saturated carbocycles. The Hall–Kier alpha value is -1.93. The molecular formula is C13H17N3O2. The number of rotatable bonds is 3. The first kappa shape index (κ1) is 14.1. The minimum absolute atomic E-state index is 0.215. The predicted molar refractivity (Wildman–Crippen MR) is 66.9 cm³/mol. The van der Waals surface area contributed by atoms with Crippen molar-refractivity contribution in [1.29, 1.82) is 5.26 Å². The summed E-state index contributed by atoms with van der Waals surface area (Å²) in [6.45, 7) is 5.17. The number of nitriles is 1. The molecule has 0 atom stereocenters. The molecule has 0 spiro atoms. The molecule has 1 aromatic rings. The van der Waals surface area contributed by atoms with E-state index in [9.17, 15) is 9.90 Å². The molecule has 96 valence electrons. The number of hydrogen-bond acceptors (Lipinski definition) is 4. The number of aryl methyl sites for hydroxylation is 1. The van der Waals surface area contributed by atoms with Crippen molar-refractivity contribution in [2.45, 2.75) is 26.4 Å². The molecule has 18 heavy (non-hydrogen) atoms. The Balaban J connectivity index is 2.92. The summed E-state index contributed by atoms with van der Waals surface area (Å²) in [4.78, 5) is 17.6. The Labute approximate surface area is 107 Å². The van der Waals surface area contributed by atoms with E-state index in [2.05, 4.69) is 4.98 Å². The molecule has 0 saturated heterocycles. The summed E-state index contributed by atoms with van der Waals surface area (Å²) in [6.07, 6.45) is 0. The number of pyridine rings is 1. The van der Waals surface area contributed by atoms with Gasteiger partial charge in [-0.05, 0) is 32.9 Å². The molecule has 1 heterocycles. The van der Waals surface area contributed by atoms with Crippen LogP contribution >= 0.6 is 0 Å². The number of nitrogens with zero attached hydrogens (tertiary/aromatic N) is 3. The molecule has 0 aliphatic heterocycles. The molecule has 1 amide bonds. The van der Waals surface area contributed by atoms with E-state index in [0.29, 0.717) is 11.3 Å². The van der Waals surface area contributed by atoms with Gasteiger partial charge in [-0.3, -0.25) is 4.79 Å². The normalized spacial score (nSPS) is 10.9. The second-order valence-electron chi connectivity index (χ2n) is 4.91. The van der Waals surface area contributed by atoms with Crippen molar-refractivity contribution in [3.63, 3.8) is 0 Å². The van der Waals surface area contributed by atoms with Crippen LogP contribution in [-0.4, -0.2) is 40.1 Å². The van der Waals surface area contributed by atoms with Crippen molar-refractivity contribution in [2.75, 3.05) is 13.6 Å². The largest absolute Gasteiger partial charge is 0.389 e. The second kappa shape index (κ2) is 5.15. The summed E-state index contributed by atoms with van der Waals surface area (Å²) in [5.74, 6) is -0.273. The quantitative estimate of drug-likeness (QED) is 0.867. The van der Waals surface area contributed by atoms with Crippen LogP contribution in [-0.2, 0) is 0 Å². The predicted octanol–water partition coefficient (Wildman–Crippen LogP) is 1.10. The van der Waals surface area contributed by atoms with E-state index < -0.39 is 5.60 Å². The molecule has 0 fully saturated rings. The van der Waals surface area contributed by atoms with E-state index >= 15 is 0 Å². The van der Waals surface area contributed by atoms with E-state index in [1.165, 1.54) is 11.0 Å². The van der Waals surface area contributed by atoms with E-state index in [0.717, 1.165) is 0 Å². The first-order chi connectivity index (χ1) is 8.24. The molecule has 0 unspecified atom stereocenters. The fraction of sp³-hybridized carbons (Fsp3) is 0.462. The molecule has 5 nitrogen and oxygen atoms in total. The van der Waals surface area contributed by atoms with Gasteiger partial charge in [0.25, 0.3) is 5.91 Å². The maximum Gasteiger partial charge on any atom is 0.272 e. The van der Waals surface area contributed by atoms with Crippen LogP contribution in [0, 0.1) is 18.3 Å². The first-order valence-corrected chi connectivity index (χ1v) is 5.60. The van der Waals surface area contributed by atoms with Crippen LogP contribution in [0.5, 0.6) is 0 Å². The van der Waals surface area contributed by atoms with Crippen LogP contribution in [0.25, 0.3) is 0 Å². The maximum atomic E-state index is 12.0. The highest BCUT2D eigenvalue weighted by Crippen LogP contribution is 2.10. The zero-order valence-electron chi connectivity index (χ0n) is 11.1. The van der Waals surface area contributed by atoms with Crippen LogP contribution in [0.4, 0.5) is 0 Å². The minimum Gasteiger partial charge on any atom is -0.389 e. The lowest BCUT2D eigenvalue weighted by molar-refractivity contribution is 0.0365. The number of carbonyl (C=O) groups excluding carboxylic acids is 1. The van der Waals surface area contributed by atoms with Gasteiger partial charge >= 0.3 is 0 Å². The molecular weight excluding hydrogens is 230 g/mol. The SMILES string of the molecule is Cc1nc(C(=O)N(C)CC(C)(C)O)ccc1C#N. The van der Waals surface area contributed by atoms with Crippen molar-refractivity contribution in [1.82, 2.24) is 9.88 Å². The van der Waals surface area contributed by atoms with Gasteiger partial charge in [0.2, 0.25) is 0 Å². The number of aromatic nitrogens is 1. The van der Waals surface area contributed by atoms with Gasteiger partial charge in [-0.25, -0.2) is 4.98 Å². The standard InChI is InChI=1S/C13H17N3O2/c1-9-10(7-14)5-6-11(15-9)12(17)16(4)8-13(2,3)18/h5-6,18H,8H2,1-4H3. The minimum atomic E-state index is -0.952. The zero-order chi connectivity index (χ0) is 13.9. The second-order valence-corrected chi connectivity index (χ2v) is 4.91. The Bertz CT molecular complexity index is 498. The average Bonchev–Trinajstić information content (AvgIpc) is 2.25. The van der Waals surface area contributed by atoms with Gasteiger partial charge in [-0.1, -0.05) is 0 Å². The highest BCUT2D eigenvalue weighted by molar-refractivity contribution is 5.92. The summed E-state index contributed by atoms with van der Waals surface area (Å²) in [5.41, 5.74) is 0.307. The summed E-state index contributed by atoms with van der Waals surface area (Å²) >= 11 is 0. The molecule has 0 bridgehead atoms. The number of aliphatic hydroxyl groups is 1. The number of carbonyl (C=O) groups is 1. The molecule has 0 radical (unpaired) electrons. The number of amides is 1. The highest BCUT2D eigenvalue weighted by atomic mass is 16.3. The van der Waals surface area contributed by atoms with E-state index in [1.807, 2.05) is 6.07 Å². The van der Waals surface area contributed by atoms with Crippen molar-refractivity contribution in [2.24, 2.45) is 0 Å². The van der Waals surface area contributed by atoms with Crippen LogP contribution < -0.4 is 0 Å². The third-order valence-electron chi connectivity index (χ3n) is 2.40. The number of hydrogen-bond donors (Lipinski definition) is 1. The van der Waals surface area contributed by atoms with Gasteiger partial charge in [0.05, 0.1) is 16.9 Å². The van der Waals surface area contributed by atoms with Crippen molar-refractivity contribution < 1.29 is 9.90 Å². The Kier molecular flexibility index (Phi) is 4.04. The van der Waals surface area contributed by atoms with Crippen molar-refractivity contribution in [3.8, 4) is 6.07 Å². The summed E-state index contributed by atoms with van der Waals surface area (Å²) in [6, 6.07) is 5.10. The lowest BCUT2D eigenvalue weighted by atomic mass is 10.1. The Morgan fingerprint density at radius 1 is 1.56 bits per heavy atom. The van der Waals surface area contributed by atoms with E-state index in [-0.39, 0.29) is 18.1 Å². The zero-order valence-corrected chi connectivity index (χ0v) is 11.1. The summed E-state index contributed by atoms with van der Waals surface area (Å²) in [5, 5.41) is 18.5. The topological polar surface area (TPSA) is 77.2 Å². The van der Waals surface area contributed by atoms with Crippen LogP contribution in [0.15, 0.2) is 12.1 Å². The Morgan fingerprint density at radius 2 is 2.17 bits per heavy atom. The molecule has 0 aliphatic carbocycles.